The molecule has 0 aromatic heterocycles. The van der Waals surface area contributed by atoms with E-state index in [0.29, 0.717) is 0 Å². The van der Waals surface area contributed by atoms with Crippen molar-refractivity contribution in [3.05, 3.63) is 13.0 Å². The summed E-state index contributed by atoms with van der Waals surface area (Å²) in [4.78, 5) is 0. The van der Waals surface area contributed by atoms with Gasteiger partial charge in [-0.05, 0) is 0 Å². The van der Waals surface area contributed by atoms with Crippen LogP contribution in [0.3, 0.4) is 0 Å². The van der Waals surface area contributed by atoms with E-state index in [1.54, 1.807) is 0 Å². The molecular weight excluding hydrogens is 247 g/mol. The molecule has 10 heteroatoms. The molecule has 0 saturated heterocycles. The van der Waals surface area contributed by atoms with Gasteiger partial charge in [-0.15, -0.1) is 0 Å². The van der Waals surface area contributed by atoms with Crippen molar-refractivity contribution in [3.63, 3.8) is 0 Å². The van der Waals surface area contributed by atoms with Crippen molar-refractivity contribution in [2.45, 2.75) is 18.2 Å². The molecule has 89 valence electrons. The van der Waals surface area contributed by atoms with E-state index in [4.69, 9.17) is 0 Å². The van der Waals surface area contributed by atoms with E-state index in [-0.39, 0.29) is 0 Å². The zero-order chi connectivity index (χ0) is 12.5. The van der Waals surface area contributed by atoms with Gasteiger partial charge >= 0.3 is 24.6 Å². The fourth-order valence-electron chi connectivity index (χ4n) is 0.332. The van der Waals surface area contributed by atoms with E-state index in [9.17, 15) is 39.5 Å². The van der Waals surface area contributed by atoms with Crippen LogP contribution in [0.5, 0.6) is 0 Å². The van der Waals surface area contributed by atoms with E-state index < -0.39 is 31.2 Å². The van der Waals surface area contributed by atoms with Gasteiger partial charge in [0.05, 0.1) is 0 Å². The van der Waals surface area contributed by atoms with Crippen molar-refractivity contribution in [2.75, 3.05) is 0 Å². The van der Waals surface area contributed by atoms with Gasteiger partial charge in [-0.3, -0.25) is 0 Å². The Morgan fingerprint density at radius 1 is 0.867 bits per heavy atom. The molecule has 0 N–H and O–H groups in total. The Hall–Kier alpha value is -0.670. The molecule has 0 rings (SSSR count). The van der Waals surface area contributed by atoms with Gasteiger partial charge in [-0.1, -0.05) is 0 Å². The maximum absolute atomic E-state index is 12.3. The van der Waals surface area contributed by atoms with Crippen LogP contribution >= 0.6 is 0 Å². The van der Waals surface area contributed by atoms with Crippen molar-refractivity contribution in [1.29, 1.82) is 0 Å². The molecule has 1 nitrogen and oxygen atoms in total. The third-order valence-electron chi connectivity index (χ3n) is 0.915. The van der Waals surface area contributed by atoms with E-state index >= 15 is 0 Å². The number of alkyl halides is 7. The summed E-state index contributed by atoms with van der Waals surface area (Å²) in [6.45, 7) is -0.445. The van der Waals surface area contributed by atoms with Crippen molar-refractivity contribution < 1.29 is 44.3 Å². The summed E-state index contributed by atoms with van der Waals surface area (Å²) in [5.41, 5.74) is 0. The van der Waals surface area contributed by atoms with E-state index in [0.717, 1.165) is 0 Å². The maximum atomic E-state index is 12.3. The maximum Gasteiger partial charge on any atom is 0.455 e. The highest BCUT2D eigenvalue weighted by molar-refractivity contribution is 4.93. The lowest BCUT2D eigenvalue weighted by atomic mass is 10.3. The van der Waals surface area contributed by atoms with Crippen LogP contribution in [0, 0.1) is 13.0 Å². The van der Waals surface area contributed by atoms with E-state index in [1.165, 1.54) is 0 Å². The summed E-state index contributed by atoms with van der Waals surface area (Å²) < 4.78 is 106. The average Bonchev–Trinajstić information content (AvgIpc) is 1.95. The summed E-state index contributed by atoms with van der Waals surface area (Å²) in [6.07, 6.45) is -15.9. The Labute approximate surface area is 76.8 Å². The molecular formula is C5F9O. The Balaban J connectivity index is 4.70. The van der Waals surface area contributed by atoms with Crippen LogP contribution in [0.2, 0.25) is 0 Å². The van der Waals surface area contributed by atoms with Crippen LogP contribution in [-0.2, 0) is 4.74 Å². The Kier molecular flexibility index (Phi) is 3.88. The molecule has 0 aliphatic heterocycles. The van der Waals surface area contributed by atoms with Crippen LogP contribution in [-0.4, -0.2) is 18.2 Å². The second kappa shape index (κ2) is 4.06. The SMILES string of the molecule is F[C](F)C(F)(O[C]C(F)(F)F)C(F)(F)F. The van der Waals surface area contributed by atoms with Crippen molar-refractivity contribution in [1.82, 2.24) is 0 Å². The van der Waals surface area contributed by atoms with Gasteiger partial charge in [-0.25, -0.2) is 0 Å². The smallest absolute Gasteiger partial charge is 0.310 e. The van der Waals surface area contributed by atoms with Gasteiger partial charge in [0.1, 0.15) is 0 Å². The number of halogens is 9. The molecule has 1 unspecified atom stereocenters. The van der Waals surface area contributed by atoms with Crippen LogP contribution < -0.4 is 0 Å². The highest BCUT2D eigenvalue weighted by Crippen LogP contribution is 2.44. The van der Waals surface area contributed by atoms with Gasteiger partial charge in [0, 0.05) is 0 Å². The summed E-state index contributed by atoms with van der Waals surface area (Å²) >= 11 is 0. The lowest BCUT2D eigenvalue weighted by molar-refractivity contribution is -0.345. The number of ether oxygens (including phenoxy) is 1. The lowest BCUT2D eigenvalue weighted by Gasteiger charge is -2.25. The van der Waals surface area contributed by atoms with Crippen LogP contribution in [0.4, 0.5) is 39.5 Å². The summed E-state index contributed by atoms with van der Waals surface area (Å²) in [5, 5.41) is 0. The molecule has 1 atom stereocenters. The van der Waals surface area contributed by atoms with Crippen LogP contribution in [0.15, 0.2) is 0 Å². The first kappa shape index (κ1) is 14.3. The summed E-state index contributed by atoms with van der Waals surface area (Å²) in [6, 6.07) is 0. The normalized spacial score (nSPS) is 18.0. The molecule has 0 spiro atoms. The minimum atomic E-state index is -6.34. The van der Waals surface area contributed by atoms with Gasteiger partial charge in [0.25, 0.3) is 0 Å². The van der Waals surface area contributed by atoms with Crippen LogP contribution in [0.1, 0.15) is 0 Å². The molecule has 0 aromatic rings. The molecule has 0 saturated carbocycles. The van der Waals surface area contributed by atoms with Gasteiger partial charge in [0.15, 0.2) is 0 Å². The predicted molar refractivity (Wildman–Crippen MR) is 25.7 cm³/mol. The van der Waals surface area contributed by atoms with Crippen molar-refractivity contribution in [2.24, 2.45) is 0 Å². The minimum absolute atomic E-state index is 0.445. The van der Waals surface area contributed by atoms with Gasteiger partial charge < -0.3 is 4.74 Å². The second-order valence-electron chi connectivity index (χ2n) is 2.06. The molecule has 0 aliphatic rings. The Morgan fingerprint density at radius 2 is 1.27 bits per heavy atom. The largest absolute Gasteiger partial charge is 0.455 e. The molecule has 0 fully saturated rings. The standard InChI is InChI=1S/C5F9O/c6-2(7)4(11,5(12,13)14)15-1-3(8,9)10. The predicted octanol–water partition coefficient (Wildman–Crippen LogP) is 3.26. The van der Waals surface area contributed by atoms with Gasteiger partial charge in [-0.2, -0.15) is 39.5 Å². The molecule has 0 aliphatic carbocycles. The zero-order valence-electron chi connectivity index (χ0n) is 6.31. The first-order valence-electron chi connectivity index (χ1n) is 2.86. The molecule has 15 heavy (non-hydrogen) atoms. The zero-order valence-corrected chi connectivity index (χ0v) is 6.31. The van der Waals surface area contributed by atoms with E-state index in [1.807, 2.05) is 0 Å². The average molecular weight is 247 g/mol. The molecule has 0 heterocycles. The molecule has 0 amide bonds. The first-order chi connectivity index (χ1) is 6.40. The fourth-order valence-corrected chi connectivity index (χ4v) is 0.332. The first-order valence-corrected chi connectivity index (χ1v) is 2.86. The van der Waals surface area contributed by atoms with Crippen molar-refractivity contribution in [3.8, 4) is 0 Å². The number of hydrogen-bond donors (Lipinski definition) is 0. The van der Waals surface area contributed by atoms with E-state index in [2.05, 4.69) is 4.74 Å². The van der Waals surface area contributed by atoms with Crippen LogP contribution in [0.25, 0.3) is 0 Å². The Morgan fingerprint density at radius 3 is 1.47 bits per heavy atom. The number of hydrogen-bond acceptors (Lipinski definition) is 1. The molecule has 0 bridgehead atoms. The minimum Gasteiger partial charge on any atom is -0.310 e. The topological polar surface area (TPSA) is 9.23 Å². The summed E-state index contributed by atoms with van der Waals surface area (Å²) in [7, 11) is 0. The summed E-state index contributed by atoms with van der Waals surface area (Å²) in [5.74, 6) is -5.80. The highest BCUT2D eigenvalue weighted by Gasteiger charge is 2.67. The monoisotopic (exact) mass is 247 g/mol. The highest BCUT2D eigenvalue weighted by atomic mass is 19.4. The van der Waals surface area contributed by atoms with Gasteiger partial charge in [0.2, 0.25) is 6.61 Å². The molecule has 0 aromatic carbocycles. The second-order valence-corrected chi connectivity index (χ2v) is 2.06. The lowest BCUT2D eigenvalue weighted by Crippen LogP contribution is -2.46. The third kappa shape index (κ3) is 3.76. The number of rotatable bonds is 3. The fraction of sp³-hybridized carbons (Fsp3) is 0.600. The molecule has 3 radical (unpaired) electrons. The van der Waals surface area contributed by atoms with Crippen molar-refractivity contribution >= 4 is 0 Å². The third-order valence-corrected chi connectivity index (χ3v) is 0.915. The quantitative estimate of drug-likeness (QED) is 0.695. The Bertz CT molecular complexity index is 206.